The summed E-state index contributed by atoms with van der Waals surface area (Å²) in [5.74, 6) is 0.920. The summed E-state index contributed by atoms with van der Waals surface area (Å²) in [6, 6.07) is 8.78. The van der Waals surface area contributed by atoms with E-state index in [1.165, 1.54) is 31.4 Å². The van der Waals surface area contributed by atoms with Crippen molar-refractivity contribution >= 4 is 0 Å². The molecule has 0 amide bonds. The Kier molecular flexibility index (Phi) is 6.18. The highest BCUT2D eigenvalue weighted by molar-refractivity contribution is 5.26. The Morgan fingerprint density at radius 2 is 1.95 bits per heavy atom. The van der Waals surface area contributed by atoms with Crippen LogP contribution in [0, 0.1) is 6.92 Å². The van der Waals surface area contributed by atoms with Gasteiger partial charge in [-0.2, -0.15) is 0 Å². The van der Waals surface area contributed by atoms with Crippen molar-refractivity contribution < 1.29 is 9.47 Å². The van der Waals surface area contributed by atoms with E-state index < -0.39 is 0 Å². The molecule has 106 valence electrons. The fourth-order valence-corrected chi connectivity index (χ4v) is 2.35. The van der Waals surface area contributed by atoms with E-state index >= 15 is 0 Å². The van der Waals surface area contributed by atoms with Crippen LogP contribution in [0.1, 0.15) is 31.2 Å². The van der Waals surface area contributed by atoms with Crippen LogP contribution in [0.2, 0.25) is 0 Å². The molecule has 0 aromatic heterocycles. The summed E-state index contributed by atoms with van der Waals surface area (Å²) in [5.41, 5.74) is 1.25. The van der Waals surface area contributed by atoms with Gasteiger partial charge in [0.15, 0.2) is 0 Å². The second kappa shape index (κ2) is 8.18. The third-order valence-corrected chi connectivity index (χ3v) is 3.54. The van der Waals surface area contributed by atoms with Gasteiger partial charge in [-0.05, 0) is 44.9 Å². The number of benzene rings is 1. The van der Waals surface area contributed by atoms with Crippen molar-refractivity contribution in [2.45, 2.75) is 38.6 Å². The Morgan fingerprint density at radius 3 is 2.68 bits per heavy atom. The lowest BCUT2D eigenvalue weighted by Gasteiger charge is -2.23. The molecule has 1 atom stereocenters. The number of rotatable bonds is 7. The number of nitrogens with one attached hydrogen (secondary N) is 1. The van der Waals surface area contributed by atoms with Crippen molar-refractivity contribution in [3.8, 4) is 5.75 Å². The minimum absolute atomic E-state index is 0.626. The van der Waals surface area contributed by atoms with Gasteiger partial charge in [-0.3, -0.25) is 0 Å². The number of hydrogen-bond acceptors (Lipinski definition) is 3. The van der Waals surface area contributed by atoms with Crippen LogP contribution in [0.4, 0.5) is 0 Å². The summed E-state index contributed by atoms with van der Waals surface area (Å²) in [6.45, 7) is 5.37. The van der Waals surface area contributed by atoms with Crippen LogP contribution in [-0.2, 0) is 4.74 Å². The third kappa shape index (κ3) is 5.62. The van der Waals surface area contributed by atoms with Crippen LogP contribution in [0.5, 0.6) is 5.75 Å². The molecule has 3 nitrogen and oxygen atoms in total. The summed E-state index contributed by atoms with van der Waals surface area (Å²) >= 11 is 0. The number of hydrogen-bond donors (Lipinski definition) is 1. The fraction of sp³-hybridized carbons (Fsp3) is 0.625. The maximum Gasteiger partial charge on any atom is 0.119 e. The van der Waals surface area contributed by atoms with E-state index in [0.29, 0.717) is 19.3 Å². The molecule has 2 rings (SSSR count). The average Bonchev–Trinajstić information content (AvgIpc) is 2.46. The average molecular weight is 263 g/mol. The van der Waals surface area contributed by atoms with Gasteiger partial charge in [0.05, 0.1) is 6.61 Å². The van der Waals surface area contributed by atoms with Gasteiger partial charge in [0.2, 0.25) is 0 Å². The zero-order valence-corrected chi connectivity index (χ0v) is 11.9. The second-order valence-electron chi connectivity index (χ2n) is 5.21. The van der Waals surface area contributed by atoms with Gasteiger partial charge in [-0.15, -0.1) is 0 Å². The molecule has 0 aliphatic carbocycles. The fourth-order valence-electron chi connectivity index (χ4n) is 2.35. The van der Waals surface area contributed by atoms with Gasteiger partial charge in [0.25, 0.3) is 0 Å². The standard InChI is InChI=1S/C16H25NO2/c1-14-5-7-16(8-6-14)19-13-12-18-11-9-15-4-2-3-10-17-15/h5-8,15,17H,2-4,9-13H2,1H3. The smallest absolute Gasteiger partial charge is 0.119 e. The zero-order valence-electron chi connectivity index (χ0n) is 11.9. The van der Waals surface area contributed by atoms with Crippen molar-refractivity contribution in [3.05, 3.63) is 29.8 Å². The molecule has 1 aromatic rings. The molecule has 19 heavy (non-hydrogen) atoms. The third-order valence-electron chi connectivity index (χ3n) is 3.54. The highest BCUT2D eigenvalue weighted by Gasteiger charge is 2.11. The van der Waals surface area contributed by atoms with E-state index in [9.17, 15) is 0 Å². The van der Waals surface area contributed by atoms with Crippen molar-refractivity contribution in [2.24, 2.45) is 0 Å². The molecule has 1 heterocycles. The highest BCUT2D eigenvalue weighted by Crippen LogP contribution is 2.11. The lowest BCUT2D eigenvalue weighted by Crippen LogP contribution is -2.34. The Morgan fingerprint density at radius 1 is 1.11 bits per heavy atom. The first-order chi connectivity index (χ1) is 9.34. The van der Waals surface area contributed by atoms with Gasteiger partial charge < -0.3 is 14.8 Å². The first-order valence-corrected chi connectivity index (χ1v) is 7.35. The largest absolute Gasteiger partial charge is 0.491 e. The molecule has 3 heteroatoms. The Balaban J connectivity index is 1.49. The number of piperidine rings is 1. The summed E-state index contributed by atoms with van der Waals surface area (Å²) < 4.78 is 11.2. The van der Waals surface area contributed by atoms with Crippen molar-refractivity contribution in [1.82, 2.24) is 5.32 Å². The summed E-state index contributed by atoms with van der Waals surface area (Å²) in [5, 5.41) is 3.53. The molecule has 0 spiro atoms. The zero-order chi connectivity index (χ0) is 13.3. The SMILES string of the molecule is Cc1ccc(OCCOCCC2CCCCN2)cc1. The molecule has 1 aliphatic rings. The van der Waals surface area contributed by atoms with Crippen LogP contribution >= 0.6 is 0 Å². The maximum absolute atomic E-state index is 5.62. The maximum atomic E-state index is 5.62. The number of ether oxygens (including phenoxy) is 2. The molecule has 1 N–H and O–H groups in total. The number of aryl methyl sites for hydroxylation is 1. The Hall–Kier alpha value is -1.06. The Bertz CT molecular complexity index is 344. The van der Waals surface area contributed by atoms with Crippen LogP contribution in [0.15, 0.2) is 24.3 Å². The topological polar surface area (TPSA) is 30.5 Å². The molecular formula is C16H25NO2. The quantitative estimate of drug-likeness (QED) is 0.767. The van der Waals surface area contributed by atoms with E-state index in [1.54, 1.807) is 0 Å². The summed E-state index contributed by atoms with van der Waals surface area (Å²) in [6.07, 6.45) is 5.09. The van der Waals surface area contributed by atoms with Crippen LogP contribution < -0.4 is 10.1 Å². The highest BCUT2D eigenvalue weighted by atomic mass is 16.5. The predicted octanol–water partition coefficient (Wildman–Crippen LogP) is 2.92. The molecule has 1 unspecified atom stereocenters. The van der Waals surface area contributed by atoms with Gasteiger partial charge in [0, 0.05) is 12.6 Å². The van der Waals surface area contributed by atoms with E-state index in [0.717, 1.165) is 18.8 Å². The van der Waals surface area contributed by atoms with Gasteiger partial charge in [-0.25, -0.2) is 0 Å². The molecule has 1 aliphatic heterocycles. The molecule has 0 radical (unpaired) electrons. The molecule has 1 aromatic carbocycles. The van der Waals surface area contributed by atoms with Gasteiger partial charge >= 0.3 is 0 Å². The van der Waals surface area contributed by atoms with Crippen molar-refractivity contribution in [3.63, 3.8) is 0 Å². The van der Waals surface area contributed by atoms with Crippen LogP contribution in [0.3, 0.4) is 0 Å². The van der Waals surface area contributed by atoms with E-state index in [4.69, 9.17) is 9.47 Å². The molecular weight excluding hydrogens is 238 g/mol. The molecule has 0 bridgehead atoms. The minimum atomic E-state index is 0.626. The lowest BCUT2D eigenvalue weighted by atomic mass is 10.0. The minimum Gasteiger partial charge on any atom is -0.491 e. The lowest BCUT2D eigenvalue weighted by molar-refractivity contribution is 0.0911. The van der Waals surface area contributed by atoms with E-state index in [2.05, 4.69) is 24.4 Å². The van der Waals surface area contributed by atoms with E-state index in [-0.39, 0.29) is 0 Å². The first kappa shape index (κ1) is 14.4. The van der Waals surface area contributed by atoms with Gasteiger partial charge in [-0.1, -0.05) is 24.1 Å². The normalized spacial score (nSPS) is 19.3. The van der Waals surface area contributed by atoms with Crippen molar-refractivity contribution in [2.75, 3.05) is 26.4 Å². The van der Waals surface area contributed by atoms with Crippen molar-refractivity contribution in [1.29, 1.82) is 0 Å². The monoisotopic (exact) mass is 263 g/mol. The predicted molar refractivity (Wildman–Crippen MR) is 77.8 cm³/mol. The summed E-state index contributed by atoms with van der Waals surface area (Å²) in [4.78, 5) is 0. The van der Waals surface area contributed by atoms with E-state index in [1.807, 2.05) is 12.1 Å². The molecule has 0 saturated carbocycles. The van der Waals surface area contributed by atoms with Crippen LogP contribution in [0.25, 0.3) is 0 Å². The molecule has 1 fully saturated rings. The van der Waals surface area contributed by atoms with Gasteiger partial charge in [0.1, 0.15) is 12.4 Å². The molecule has 1 saturated heterocycles. The van der Waals surface area contributed by atoms with Crippen LogP contribution in [-0.4, -0.2) is 32.4 Å². The first-order valence-electron chi connectivity index (χ1n) is 7.35. The second-order valence-corrected chi connectivity index (χ2v) is 5.21. The Labute approximate surface area is 116 Å². The summed E-state index contributed by atoms with van der Waals surface area (Å²) in [7, 11) is 0.